The number of hydrogen-bond donors (Lipinski definition) is 2. The Morgan fingerprint density at radius 3 is 2.53 bits per heavy atom. The number of benzene rings is 1. The summed E-state index contributed by atoms with van der Waals surface area (Å²) in [5, 5.41) is 12.0. The van der Waals surface area contributed by atoms with Crippen molar-refractivity contribution >= 4 is 5.91 Å². The highest BCUT2D eigenvalue weighted by Crippen LogP contribution is 2.36. The zero-order valence-electron chi connectivity index (χ0n) is 11.7. The van der Waals surface area contributed by atoms with Crippen molar-refractivity contribution in [3.05, 3.63) is 35.9 Å². The average molecular weight is 261 g/mol. The molecule has 1 saturated carbocycles. The van der Waals surface area contributed by atoms with Gasteiger partial charge in [0, 0.05) is 12.5 Å². The third-order valence-electron chi connectivity index (χ3n) is 4.08. The molecule has 0 saturated heterocycles. The lowest BCUT2D eigenvalue weighted by molar-refractivity contribution is -0.131. The summed E-state index contributed by atoms with van der Waals surface area (Å²) in [5.41, 5.74) is 0.787. The maximum atomic E-state index is 12.2. The lowest BCUT2D eigenvalue weighted by Crippen LogP contribution is -2.47. The summed E-state index contributed by atoms with van der Waals surface area (Å²) in [6.07, 6.45) is 2.65. The minimum atomic E-state index is -0.333. The van der Waals surface area contributed by atoms with E-state index in [9.17, 15) is 4.79 Å². The van der Waals surface area contributed by atoms with E-state index in [-0.39, 0.29) is 24.0 Å². The maximum absolute atomic E-state index is 12.2. The van der Waals surface area contributed by atoms with Gasteiger partial charge in [0.05, 0.1) is 5.54 Å². The molecule has 1 aromatic carbocycles. The number of carbonyl (C=O) groups excluding carboxylic acids is 1. The van der Waals surface area contributed by atoms with Gasteiger partial charge >= 0.3 is 0 Å². The van der Waals surface area contributed by atoms with Gasteiger partial charge in [-0.15, -0.1) is 0 Å². The van der Waals surface area contributed by atoms with Crippen molar-refractivity contribution in [3.63, 3.8) is 0 Å². The van der Waals surface area contributed by atoms with Crippen LogP contribution >= 0.6 is 0 Å². The van der Waals surface area contributed by atoms with Crippen LogP contribution in [-0.2, 0) is 10.3 Å². The van der Waals surface area contributed by atoms with E-state index < -0.39 is 0 Å². The highest BCUT2D eigenvalue weighted by atomic mass is 16.3. The van der Waals surface area contributed by atoms with E-state index in [0.29, 0.717) is 5.92 Å². The molecule has 2 N–H and O–H groups in total. The van der Waals surface area contributed by atoms with Gasteiger partial charge < -0.3 is 10.4 Å². The number of nitrogens with one attached hydrogen (secondary N) is 1. The molecule has 19 heavy (non-hydrogen) atoms. The van der Waals surface area contributed by atoms with Crippen molar-refractivity contribution in [2.24, 2.45) is 11.8 Å². The van der Waals surface area contributed by atoms with Crippen LogP contribution in [0.1, 0.15) is 38.7 Å². The fourth-order valence-electron chi connectivity index (χ4n) is 2.71. The number of carbonyl (C=O) groups is 1. The second-order valence-electron chi connectivity index (χ2n) is 6.03. The molecule has 0 radical (unpaired) electrons. The number of amides is 1. The van der Waals surface area contributed by atoms with Gasteiger partial charge in [0.15, 0.2) is 0 Å². The van der Waals surface area contributed by atoms with Crippen LogP contribution in [0, 0.1) is 11.8 Å². The molecule has 0 aliphatic heterocycles. The Morgan fingerprint density at radius 1 is 1.32 bits per heavy atom. The lowest BCUT2D eigenvalue weighted by Gasteiger charge is -2.37. The normalized spacial score (nSPS) is 22.7. The summed E-state index contributed by atoms with van der Waals surface area (Å²) in [5.74, 6) is 0.795. The smallest absolute Gasteiger partial charge is 0.223 e. The van der Waals surface area contributed by atoms with Crippen LogP contribution in [0.3, 0.4) is 0 Å². The number of aliphatic hydroxyl groups excluding tert-OH is 1. The molecule has 0 bridgehead atoms. The monoisotopic (exact) mass is 261 g/mol. The molecule has 3 nitrogen and oxygen atoms in total. The highest BCUT2D eigenvalue weighted by Gasteiger charge is 2.36. The number of rotatable bonds is 5. The highest BCUT2D eigenvalue weighted by molar-refractivity contribution is 5.80. The molecule has 2 rings (SSSR count). The van der Waals surface area contributed by atoms with Crippen LogP contribution in [-0.4, -0.2) is 17.6 Å². The number of hydrogen-bond acceptors (Lipinski definition) is 2. The Balaban J connectivity index is 1.89. The van der Waals surface area contributed by atoms with Crippen LogP contribution in [0.4, 0.5) is 0 Å². The first kappa shape index (κ1) is 14.1. The molecule has 0 atom stereocenters. The molecule has 0 unspecified atom stereocenters. The Bertz CT molecular complexity index is 422. The van der Waals surface area contributed by atoms with Crippen molar-refractivity contribution in [2.75, 3.05) is 6.61 Å². The molecule has 0 aromatic heterocycles. The molecule has 1 amide bonds. The van der Waals surface area contributed by atoms with Crippen molar-refractivity contribution in [2.45, 2.75) is 38.6 Å². The van der Waals surface area contributed by atoms with Crippen molar-refractivity contribution < 1.29 is 9.90 Å². The second-order valence-corrected chi connectivity index (χ2v) is 6.03. The zero-order valence-corrected chi connectivity index (χ0v) is 11.7. The molecule has 1 aliphatic carbocycles. The molecule has 0 heterocycles. The quantitative estimate of drug-likeness (QED) is 0.855. The summed E-state index contributed by atoms with van der Waals surface area (Å²) in [6.45, 7) is 4.29. The molecular weight excluding hydrogens is 238 g/mol. The van der Waals surface area contributed by atoms with E-state index >= 15 is 0 Å². The Hall–Kier alpha value is -1.35. The number of aliphatic hydroxyl groups is 1. The fraction of sp³-hybridized carbons (Fsp3) is 0.562. The van der Waals surface area contributed by atoms with Crippen LogP contribution in [0.15, 0.2) is 30.3 Å². The Kier molecular flexibility index (Phi) is 4.25. The van der Waals surface area contributed by atoms with Crippen molar-refractivity contribution in [3.8, 4) is 0 Å². The van der Waals surface area contributed by atoms with Gasteiger partial charge in [-0.3, -0.25) is 4.79 Å². The van der Waals surface area contributed by atoms with Crippen molar-refractivity contribution in [1.29, 1.82) is 0 Å². The van der Waals surface area contributed by atoms with Gasteiger partial charge in [-0.05, 0) is 44.6 Å². The molecule has 1 fully saturated rings. The minimum absolute atomic E-state index is 0.125. The predicted molar refractivity (Wildman–Crippen MR) is 75.5 cm³/mol. The van der Waals surface area contributed by atoms with E-state index in [4.69, 9.17) is 5.11 Å². The first-order chi connectivity index (χ1) is 9.03. The molecule has 1 aromatic rings. The van der Waals surface area contributed by atoms with Crippen LogP contribution in [0.2, 0.25) is 0 Å². The topological polar surface area (TPSA) is 49.3 Å². The Labute approximate surface area is 115 Å². The molecule has 1 aliphatic rings. The van der Waals surface area contributed by atoms with E-state index in [1.165, 1.54) is 0 Å². The third-order valence-corrected chi connectivity index (χ3v) is 4.08. The fourth-order valence-corrected chi connectivity index (χ4v) is 2.71. The van der Waals surface area contributed by atoms with E-state index in [2.05, 4.69) is 5.32 Å². The Morgan fingerprint density at radius 2 is 1.95 bits per heavy atom. The largest absolute Gasteiger partial charge is 0.396 e. The molecule has 104 valence electrons. The third kappa shape index (κ3) is 3.35. The SMILES string of the molecule is CC(C)(NC(=O)C1CC(CCO)C1)c1ccccc1. The van der Waals surface area contributed by atoms with E-state index in [0.717, 1.165) is 24.8 Å². The van der Waals surface area contributed by atoms with Crippen molar-refractivity contribution in [1.82, 2.24) is 5.32 Å². The maximum Gasteiger partial charge on any atom is 0.223 e. The summed E-state index contributed by atoms with van der Waals surface area (Å²) in [6, 6.07) is 10.0. The molecule has 3 heteroatoms. The summed E-state index contributed by atoms with van der Waals surface area (Å²) >= 11 is 0. The second kappa shape index (κ2) is 5.74. The summed E-state index contributed by atoms with van der Waals surface area (Å²) < 4.78 is 0. The van der Waals surface area contributed by atoms with Gasteiger partial charge in [-0.1, -0.05) is 30.3 Å². The van der Waals surface area contributed by atoms with Gasteiger partial charge in [-0.25, -0.2) is 0 Å². The molecule has 0 spiro atoms. The lowest BCUT2D eigenvalue weighted by atomic mass is 9.72. The van der Waals surface area contributed by atoms with Gasteiger partial charge in [0.25, 0.3) is 0 Å². The minimum Gasteiger partial charge on any atom is -0.396 e. The summed E-state index contributed by atoms with van der Waals surface area (Å²) in [4.78, 5) is 12.2. The van der Waals surface area contributed by atoms with Crippen LogP contribution in [0.25, 0.3) is 0 Å². The zero-order chi connectivity index (χ0) is 13.9. The average Bonchev–Trinajstić information content (AvgIpc) is 2.33. The van der Waals surface area contributed by atoms with Crippen LogP contribution < -0.4 is 5.32 Å². The van der Waals surface area contributed by atoms with Gasteiger partial charge in [0.2, 0.25) is 5.91 Å². The molecular formula is C16H23NO2. The van der Waals surface area contributed by atoms with Gasteiger partial charge in [-0.2, -0.15) is 0 Å². The first-order valence-electron chi connectivity index (χ1n) is 7.01. The van der Waals surface area contributed by atoms with Gasteiger partial charge in [0.1, 0.15) is 0 Å². The predicted octanol–water partition coefficient (Wildman–Crippen LogP) is 2.45. The van der Waals surface area contributed by atoms with Crippen LogP contribution in [0.5, 0.6) is 0 Å². The summed E-state index contributed by atoms with van der Waals surface area (Å²) in [7, 11) is 0. The van der Waals surface area contributed by atoms with E-state index in [1.54, 1.807) is 0 Å². The standard InChI is InChI=1S/C16H23NO2/c1-16(2,14-6-4-3-5-7-14)17-15(19)13-10-12(11-13)8-9-18/h3-7,12-13,18H,8-11H2,1-2H3,(H,17,19). The first-order valence-corrected chi connectivity index (χ1v) is 7.01. The van der Waals surface area contributed by atoms with E-state index in [1.807, 2.05) is 44.2 Å².